The van der Waals surface area contributed by atoms with Crippen LogP contribution in [0.2, 0.25) is 0 Å². The lowest BCUT2D eigenvalue weighted by molar-refractivity contribution is 0.381. The fourth-order valence-corrected chi connectivity index (χ4v) is 1.75. The Morgan fingerprint density at radius 3 is 2.75 bits per heavy atom. The third-order valence-electron chi connectivity index (χ3n) is 2.64. The second-order valence-corrected chi connectivity index (χ2v) is 3.35. The van der Waals surface area contributed by atoms with Gasteiger partial charge in [0.05, 0.1) is 0 Å². The van der Waals surface area contributed by atoms with Crippen LogP contribution in [-0.2, 0) is 6.42 Å². The zero-order valence-corrected chi connectivity index (χ0v) is 7.51. The van der Waals surface area contributed by atoms with Gasteiger partial charge in [0.25, 0.3) is 0 Å². The highest BCUT2D eigenvalue weighted by molar-refractivity contribution is 5.31. The summed E-state index contributed by atoms with van der Waals surface area (Å²) in [6.07, 6.45) is 2.45. The number of hydrogen-bond donors (Lipinski definition) is 1. The molecule has 1 saturated heterocycles. The molecule has 0 amide bonds. The van der Waals surface area contributed by atoms with E-state index in [1.54, 1.807) is 0 Å². The summed E-state index contributed by atoms with van der Waals surface area (Å²) in [7, 11) is 0. The second-order valence-electron chi connectivity index (χ2n) is 3.35. The lowest BCUT2D eigenvalue weighted by Crippen LogP contribution is -2.35. The maximum atomic E-state index is 3.44. The monoisotopic (exact) mass is 161 g/mol. The summed E-state index contributed by atoms with van der Waals surface area (Å²) in [5.74, 6) is 0. The number of aryl methyl sites for hydroxylation is 1. The van der Waals surface area contributed by atoms with Gasteiger partial charge in [0.15, 0.2) is 0 Å². The molecular formula is C11H15N. The molecule has 1 N–H and O–H groups in total. The second kappa shape index (κ2) is 3.28. The summed E-state index contributed by atoms with van der Waals surface area (Å²) in [5.41, 5.74) is 3.00. The fraction of sp³-hybridized carbons (Fsp3) is 0.455. The number of hydrogen-bond acceptors (Lipinski definition) is 1. The molecule has 0 saturated carbocycles. The van der Waals surface area contributed by atoms with Crippen molar-refractivity contribution in [2.45, 2.75) is 25.8 Å². The minimum absolute atomic E-state index is 0.640. The molecule has 0 radical (unpaired) electrons. The SMILES string of the molecule is CCc1ccccc1[C@H]1CCN1. The van der Waals surface area contributed by atoms with Gasteiger partial charge in [-0.15, -0.1) is 0 Å². The van der Waals surface area contributed by atoms with Crippen molar-refractivity contribution in [3.63, 3.8) is 0 Å². The first kappa shape index (κ1) is 7.81. The van der Waals surface area contributed by atoms with Crippen LogP contribution in [0.25, 0.3) is 0 Å². The van der Waals surface area contributed by atoms with Gasteiger partial charge in [-0.25, -0.2) is 0 Å². The first-order chi connectivity index (χ1) is 5.92. The maximum absolute atomic E-state index is 3.44. The lowest BCUT2D eigenvalue weighted by Gasteiger charge is -2.29. The van der Waals surface area contributed by atoms with E-state index in [-0.39, 0.29) is 0 Å². The molecule has 0 bridgehead atoms. The Hall–Kier alpha value is -0.820. The van der Waals surface area contributed by atoms with Gasteiger partial charge < -0.3 is 5.32 Å². The van der Waals surface area contributed by atoms with Crippen LogP contribution in [0, 0.1) is 0 Å². The Balaban J connectivity index is 2.27. The summed E-state index contributed by atoms with van der Waals surface area (Å²) in [6, 6.07) is 9.38. The minimum atomic E-state index is 0.640. The summed E-state index contributed by atoms with van der Waals surface area (Å²) in [5, 5.41) is 3.44. The molecule has 1 heteroatoms. The predicted octanol–water partition coefficient (Wildman–Crippen LogP) is 2.28. The minimum Gasteiger partial charge on any atom is -0.310 e. The van der Waals surface area contributed by atoms with Crippen molar-refractivity contribution in [3.8, 4) is 0 Å². The molecule has 0 aromatic heterocycles. The van der Waals surface area contributed by atoms with Gasteiger partial charge in [-0.1, -0.05) is 31.2 Å². The fourth-order valence-electron chi connectivity index (χ4n) is 1.75. The number of nitrogens with one attached hydrogen (secondary N) is 1. The van der Waals surface area contributed by atoms with Crippen LogP contribution < -0.4 is 5.32 Å². The molecule has 1 fully saturated rings. The van der Waals surface area contributed by atoms with E-state index in [1.165, 1.54) is 24.1 Å². The van der Waals surface area contributed by atoms with Crippen molar-refractivity contribution in [2.75, 3.05) is 6.54 Å². The van der Waals surface area contributed by atoms with Gasteiger partial charge in [-0.2, -0.15) is 0 Å². The van der Waals surface area contributed by atoms with Crippen LogP contribution in [0.1, 0.15) is 30.5 Å². The Kier molecular flexibility index (Phi) is 2.13. The Bertz CT molecular complexity index is 263. The van der Waals surface area contributed by atoms with Crippen LogP contribution in [0.5, 0.6) is 0 Å². The van der Waals surface area contributed by atoms with E-state index in [1.807, 2.05) is 0 Å². The molecule has 2 rings (SSSR count). The van der Waals surface area contributed by atoms with E-state index >= 15 is 0 Å². The van der Waals surface area contributed by atoms with E-state index in [0.29, 0.717) is 6.04 Å². The van der Waals surface area contributed by atoms with Gasteiger partial charge >= 0.3 is 0 Å². The van der Waals surface area contributed by atoms with Gasteiger partial charge in [0.2, 0.25) is 0 Å². The molecule has 0 unspecified atom stereocenters. The molecule has 1 atom stereocenters. The van der Waals surface area contributed by atoms with Crippen LogP contribution in [0.4, 0.5) is 0 Å². The van der Waals surface area contributed by atoms with E-state index in [2.05, 4.69) is 36.5 Å². The molecule has 1 nitrogen and oxygen atoms in total. The topological polar surface area (TPSA) is 12.0 Å². The van der Waals surface area contributed by atoms with Gasteiger partial charge in [0, 0.05) is 6.04 Å². The standard InChI is InChI=1S/C11H15N/c1-2-9-5-3-4-6-10(9)11-7-8-12-11/h3-6,11-12H,2,7-8H2,1H3/t11-/m1/s1. The normalized spacial score (nSPS) is 21.9. The van der Waals surface area contributed by atoms with E-state index in [9.17, 15) is 0 Å². The average molecular weight is 161 g/mol. The molecule has 1 aromatic rings. The highest BCUT2D eigenvalue weighted by atomic mass is 15.0. The largest absolute Gasteiger partial charge is 0.310 e. The third kappa shape index (κ3) is 1.25. The Morgan fingerprint density at radius 1 is 1.42 bits per heavy atom. The first-order valence-corrected chi connectivity index (χ1v) is 4.73. The Morgan fingerprint density at radius 2 is 2.17 bits per heavy atom. The van der Waals surface area contributed by atoms with Crippen molar-refractivity contribution < 1.29 is 0 Å². The predicted molar refractivity (Wildman–Crippen MR) is 51.2 cm³/mol. The lowest BCUT2D eigenvalue weighted by atomic mass is 9.92. The van der Waals surface area contributed by atoms with Gasteiger partial charge in [-0.05, 0) is 30.5 Å². The molecule has 0 spiro atoms. The quantitative estimate of drug-likeness (QED) is 0.701. The highest BCUT2D eigenvalue weighted by Crippen LogP contribution is 2.25. The molecule has 1 aliphatic heterocycles. The molecule has 1 heterocycles. The summed E-state index contributed by atoms with van der Waals surface area (Å²) in [4.78, 5) is 0. The van der Waals surface area contributed by atoms with Crippen molar-refractivity contribution >= 4 is 0 Å². The van der Waals surface area contributed by atoms with Crippen molar-refractivity contribution in [2.24, 2.45) is 0 Å². The Labute approximate surface area is 73.8 Å². The molecule has 1 aliphatic rings. The molecule has 1 aromatic carbocycles. The van der Waals surface area contributed by atoms with Crippen molar-refractivity contribution in [3.05, 3.63) is 35.4 Å². The van der Waals surface area contributed by atoms with Crippen molar-refractivity contribution in [1.82, 2.24) is 5.32 Å². The first-order valence-electron chi connectivity index (χ1n) is 4.73. The molecule has 12 heavy (non-hydrogen) atoms. The van der Waals surface area contributed by atoms with Crippen molar-refractivity contribution in [1.29, 1.82) is 0 Å². The van der Waals surface area contributed by atoms with Crippen LogP contribution in [0.3, 0.4) is 0 Å². The summed E-state index contributed by atoms with van der Waals surface area (Å²) < 4.78 is 0. The van der Waals surface area contributed by atoms with Crippen LogP contribution in [0.15, 0.2) is 24.3 Å². The molecule has 0 aliphatic carbocycles. The molecular weight excluding hydrogens is 146 g/mol. The van der Waals surface area contributed by atoms with Gasteiger partial charge in [-0.3, -0.25) is 0 Å². The average Bonchev–Trinajstić information content (AvgIpc) is 2.02. The maximum Gasteiger partial charge on any atom is 0.0335 e. The van der Waals surface area contributed by atoms with E-state index < -0.39 is 0 Å². The number of rotatable bonds is 2. The number of benzene rings is 1. The summed E-state index contributed by atoms with van der Waals surface area (Å²) >= 11 is 0. The van der Waals surface area contributed by atoms with Crippen LogP contribution in [-0.4, -0.2) is 6.54 Å². The smallest absolute Gasteiger partial charge is 0.0335 e. The van der Waals surface area contributed by atoms with Crippen LogP contribution >= 0.6 is 0 Å². The summed E-state index contributed by atoms with van der Waals surface area (Å²) in [6.45, 7) is 3.40. The van der Waals surface area contributed by atoms with Gasteiger partial charge in [0.1, 0.15) is 0 Å². The van der Waals surface area contributed by atoms with E-state index in [0.717, 1.165) is 6.42 Å². The zero-order valence-electron chi connectivity index (χ0n) is 7.51. The molecule has 64 valence electrons. The zero-order chi connectivity index (χ0) is 8.39. The highest BCUT2D eigenvalue weighted by Gasteiger charge is 2.19. The third-order valence-corrected chi connectivity index (χ3v) is 2.64. The van der Waals surface area contributed by atoms with E-state index in [4.69, 9.17) is 0 Å².